The van der Waals surface area contributed by atoms with E-state index in [1.807, 2.05) is 6.92 Å². The molecular formula is C12H23ClN2O2. The Morgan fingerprint density at radius 3 is 2.76 bits per heavy atom. The van der Waals surface area contributed by atoms with Gasteiger partial charge in [0.25, 0.3) is 0 Å². The Hall–Kier alpha value is -0.320. The Labute approximate surface area is 109 Å². The zero-order valence-corrected chi connectivity index (χ0v) is 11.2. The van der Waals surface area contributed by atoms with Gasteiger partial charge in [0, 0.05) is 13.1 Å². The van der Waals surface area contributed by atoms with Gasteiger partial charge in [0.05, 0.1) is 12.7 Å². The third kappa shape index (κ3) is 4.12. The molecular weight excluding hydrogens is 240 g/mol. The Balaban J connectivity index is 0.00000144. The van der Waals surface area contributed by atoms with Gasteiger partial charge in [-0.05, 0) is 25.7 Å². The predicted octanol–water partition coefficient (Wildman–Crippen LogP) is 1.09. The number of ether oxygens (including phenoxy) is 1. The molecule has 2 atom stereocenters. The molecule has 0 aromatic carbocycles. The molecule has 4 nitrogen and oxygen atoms in total. The maximum absolute atomic E-state index is 11.9. The van der Waals surface area contributed by atoms with E-state index in [9.17, 15) is 4.79 Å². The molecule has 1 heterocycles. The first-order valence-corrected chi connectivity index (χ1v) is 6.40. The van der Waals surface area contributed by atoms with Crippen LogP contribution in [-0.2, 0) is 9.53 Å². The van der Waals surface area contributed by atoms with Crippen molar-refractivity contribution in [3.8, 4) is 0 Å². The Bertz CT molecular complexity index is 245. The van der Waals surface area contributed by atoms with Crippen molar-refractivity contribution in [1.82, 2.24) is 10.6 Å². The normalized spacial score (nSPS) is 29.7. The van der Waals surface area contributed by atoms with Gasteiger partial charge in [-0.3, -0.25) is 4.79 Å². The van der Waals surface area contributed by atoms with Crippen LogP contribution in [-0.4, -0.2) is 37.7 Å². The van der Waals surface area contributed by atoms with Crippen molar-refractivity contribution >= 4 is 18.3 Å². The summed E-state index contributed by atoms with van der Waals surface area (Å²) in [5.74, 6) is 0.794. The van der Waals surface area contributed by atoms with E-state index in [1.165, 1.54) is 25.7 Å². The molecule has 1 saturated heterocycles. The third-order valence-electron chi connectivity index (χ3n) is 3.64. The molecule has 0 radical (unpaired) electrons. The van der Waals surface area contributed by atoms with Crippen LogP contribution >= 0.6 is 12.4 Å². The molecule has 100 valence electrons. The molecule has 0 unspecified atom stereocenters. The number of amides is 1. The number of nitrogens with one attached hydrogen (secondary N) is 2. The van der Waals surface area contributed by atoms with E-state index >= 15 is 0 Å². The quantitative estimate of drug-likeness (QED) is 0.801. The smallest absolute Gasteiger partial charge is 0.239 e. The Kier molecular flexibility index (Phi) is 6.23. The van der Waals surface area contributed by atoms with Gasteiger partial charge >= 0.3 is 0 Å². The molecule has 2 rings (SSSR count). The van der Waals surface area contributed by atoms with Gasteiger partial charge in [-0.1, -0.05) is 12.8 Å². The molecule has 2 aliphatic rings. The first kappa shape index (κ1) is 14.7. The number of rotatable bonds is 3. The summed E-state index contributed by atoms with van der Waals surface area (Å²) in [6.07, 6.45) is 5.16. The summed E-state index contributed by atoms with van der Waals surface area (Å²) in [5, 5.41) is 6.25. The fourth-order valence-corrected chi connectivity index (χ4v) is 2.60. The number of hydrogen-bond acceptors (Lipinski definition) is 3. The largest absolute Gasteiger partial charge is 0.375 e. The van der Waals surface area contributed by atoms with Crippen LogP contribution in [0.2, 0.25) is 0 Å². The molecule has 1 saturated carbocycles. The van der Waals surface area contributed by atoms with Crippen LogP contribution in [0.1, 0.15) is 32.6 Å². The second-order valence-corrected chi connectivity index (χ2v) is 4.90. The van der Waals surface area contributed by atoms with Gasteiger partial charge in [0.2, 0.25) is 5.91 Å². The lowest BCUT2D eigenvalue weighted by Crippen LogP contribution is -2.55. The first-order valence-electron chi connectivity index (χ1n) is 6.40. The van der Waals surface area contributed by atoms with Crippen molar-refractivity contribution < 1.29 is 9.53 Å². The fourth-order valence-electron chi connectivity index (χ4n) is 2.60. The van der Waals surface area contributed by atoms with E-state index in [0.29, 0.717) is 12.5 Å². The van der Waals surface area contributed by atoms with Gasteiger partial charge < -0.3 is 15.4 Å². The predicted molar refractivity (Wildman–Crippen MR) is 69.4 cm³/mol. The molecule has 1 aliphatic heterocycles. The van der Waals surface area contributed by atoms with E-state index in [1.54, 1.807) is 0 Å². The summed E-state index contributed by atoms with van der Waals surface area (Å²) in [6, 6.07) is -0.171. The van der Waals surface area contributed by atoms with E-state index in [4.69, 9.17) is 4.74 Å². The second-order valence-electron chi connectivity index (χ2n) is 4.90. The molecule has 5 heteroatoms. The molecule has 0 aromatic heterocycles. The number of carbonyl (C=O) groups excluding carboxylic acids is 1. The Morgan fingerprint density at radius 1 is 1.41 bits per heavy atom. The minimum absolute atomic E-state index is 0. The highest BCUT2D eigenvalue weighted by Gasteiger charge is 2.28. The van der Waals surface area contributed by atoms with E-state index < -0.39 is 0 Å². The monoisotopic (exact) mass is 262 g/mol. The van der Waals surface area contributed by atoms with E-state index in [-0.39, 0.29) is 30.5 Å². The molecule has 0 spiro atoms. The van der Waals surface area contributed by atoms with E-state index in [2.05, 4.69) is 10.6 Å². The van der Waals surface area contributed by atoms with Crippen LogP contribution in [0.5, 0.6) is 0 Å². The number of carbonyl (C=O) groups is 1. The highest BCUT2D eigenvalue weighted by atomic mass is 35.5. The fraction of sp³-hybridized carbons (Fsp3) is 0.917. The van der Waals surface area contributed by atoms with Crippen LogP contribution in [0.15, 0.2) is 0 Å². The average molecular weight is 263 g/mol. The molecule has 0 aromatic rings. The van der Waals surface area contributed by atoms with Crippen LogP contribution in [0.25, 0.3) is 0 Å². The lowest BCUT2D eigenvalue weighted by Gasteiger charge is -2.29. The van der Waals surface area contributed by atoms with Gasteiger partial charge in [-0.25, -0.2) is 0 Å². The third-order valence-corrected chi connectivity index (χ3v) is 3.64. The summed E-state index contributed by atoms with van der Waals surface area (Å²) < 4.78 is 5.46. The summed E-state index contributed by atoms with van der Waals surface area (Å²) in [5.41, 5.74) is 0. The highest BCUT2D eigenvalue weighted by molar-refractivity contribution is 5.85. The van der Waals surface area contributed by atoms with Crippen LogP contribution in [0.4, 0.5) is 0 Å². The number of morpholine rings is 1. The summed E-state index contributed by atoms with van der Waals surface area (Å²) in [6.45, 7) is 4.26. The van der Waals surface area contributed by atoms with Crippen LogP contribution in [0, 0.1) is 5.92 Å². The molecule has 17 heavy (non-hydrogen) atoms. The maximum atomic E-state index is 11.9. The zero-order valence-electron chi connectivity index (χ0n) is 10.4. The topological polar surface area (TPSA) is 50.4 Å². The number of halogens is 1. The van der Waals surface area contributed by atoms with Gasteiger partial charge in [0.15, 0.2) is 0 Å². The SMILES string of the molecule is C[C@H]1OCCN[C@@H]1C(=O)NCC1CCCC1.Cl. The van der Waals surface area contributed by atoms with Crippen molar-refractivity contribution in [1.29, 1.82) is 0 Å². The highest BCUT2D eigenvalue weighted by Crippen LogP contribution is 2.23. The lowest BCUT2D eigenvalue weighted by molar-refractivity contribution is -0.129. The first-order chi connectivity index (χ1) is 7.77. The van der Waals surface area contributed by atoms with Crippen LogP contribution in [0.3, 0.4) is 0 Å². The zero-order chi connectivity index (χ0) is 11.4. The minimum Gasteiger partial charge on any atom is -0.375 e. The standard InChI is InChI=1S/C12H22N2O2.ClH/c1-9-11(13-6-7-16-9)12(15)14-8-10-4-2-3-5-10;/h9-11,13H,2-8H2,1H3,(H,14,15);1H/t9-,11+;/m1./s1. The number of hydrogen-bond donors (Lipinski definition) is 2. The molecule has 2 N–H and O–H groups in total. The maximum Gasteiger partial charge on any atom is 0.239 e. The van der Waals surface area contributed by atoms with Gasteiger partial charge in [-0.15, -0.1) is 12.4 Å². The van der Waals surface area contributed by atoms with E-state index in [0.717, 1.165) is 13.1 Å². The molecule has 2 fully saturated rings. The lowest BCUT2D eigenvalue weighted by atomic mass is 10.1. The summed E-state index contributed by atoms with van der Waals surface area (Å²) in [7, 11) is 0. The van der Waals surface area contributed by atoms with Crippen molar-refractivity contribution in [2.24, 2.45) is 5.92 Å². The van der Waals surface area contributed by atoms with Gasteiger partial charge in [0.1, 0.15) is 6.04 Å². The summed E-state index contributed by atoms with van der Waals surface area (Å²) in [4.78, 5) is 11.9. The Morgan fingerprint density at radius 2 is 2.12 bits per heavy atom. The van der Waals surface area contributed by atoms with Crippen molar-refractivity contribution in [3.63, 3.8) is 0 Å². The van der Waals surface area contributed by atoms with Crippen molar-refractivity contribution in [2.75, 3.05) is 19.7 Å². The molecule has 0 bridgehead atoms. The average Bonchev–Trinajstić information content (AvgIpc) is 2.79. The van der Waals surface area contributed by atoms with Crippen LogP contribution < -0.4 is 10.6 Å². The minimum atomic E-state index is -0.171. The van der Waals surface area contributed by atoms with Crippen molar-refractivity contribution in [3.05, 3.63) is 0 Å². The van der Waals surface area contributed by atoms with Gasteiger partial charge in [-0.2, -0.15) is 0 Å². The second kappa shape index (κ2) is 7.19. The summed E-state index contributed by atoms with van der Waals surface area (Å²) >= 11 is 0. The molecule has 1 amide bonds. The van der Waals surface area contributed by atoms with Crippen molar-refractivity contribution in [2.45, 2.75) is 44.8 Å². The molecule has 1 aliphatic carbocycles.